The van der Waals surface area contributed by atoms with Crippen molar-refractivity contribution in [3.63, 3.8) is 0 Å². The molecule has 30 heavy (non-hydrogen) atoms. The molecule has 1 aliphatic heterocycles. The maximum atomic E-state index is 13.5. The van der Waals surface area contributed by atoms with Crippen molar-refractivity contribution in [2.75, 3.05) is 21.5 Å². The highest BCUT2D eigenvalue weighted by molar-refractivity contribution is 7.92. The Morgan fingerprint density at radius 3 is 2.37 bits per heavy atom. The first-order valence-electron chi connectivity index (χ1n) is 8.81. The molecule has 7 nitrogen and oxygen atoms in total. The topological polar surface area (TPSA) is 95.6 Å². The minimum absolute atomic E-state index is 0.111. The third kappa shape index (κ3) is 4.40. The van der Waals surface area contributed by atoms with Crippen molar-refractivity contribution in [3.05, 3.63) is 47.5 Å². The van der Waals surface area contributed by atoms with Gasteiger partial charge in [-0.15, -0.1) is 0 Å². The van der Waals surface area contributed by atoms with E-state index in [1.165, 1.54) is 36.1 Å². The lowest BCUT2D eigenvalue weighted by atomic mass is 10.1. The van der Waals surface area contributed by atoms with E-state index in [0.717, 1.165) is 13.0 Å². The number of anilines is 3. The van der Waals surface area contributed by atoms with E-state index < -0.39 is 33.4 Å². The molecule has 0 unspecified atom stereocenters. The van der Waals surface area contributed by atoms with E-state index in [0.29, 0.717) is 30.3 Å². The van der Waals surface area contributed by atoms with Crippen LogP contribution in [-0.4, -0.2) is 26.8 Å². The van der Waals surface area contributed by atoms with Gasteiger partial charge in [0.2, 0.25) is 11.8 Å². The van der Waals surface area contributed by atoms with Crippen LogP contribution in [-0.2, 0) is 32.2 Å². The van der Waals surface area contributed by atoms with Gasteiger partial charge in [0.25, 0.3) is 10.0 Å². The Morgan fingerprint density at radius 2 is 1.77 bits per heavy atom. The van der Waals surface area contributed by atoms with E-state index in [9.17, 15) is 31.2 Å². The summed E-state index contributed by atoms with van der Waals surface area (Å²) in [6.45, 7) is 2.94. The zero-order valence-electron chi connectivity index (χ0n) is 16.0. The molecule has 0 atom stereocenters. The lowest BCUT2D eigenvalue weighted by Crippen LogP contribution is -2.25. The van der Waals surface area contributed by atoms with E-state index in [4.69, 9.17) is 0 Å². The van der Waals surface area contributed by atoms with Gasteiger partial charge in [-0.25, -0.2) is 8.42 Å². The van der Waals surface area contributed by atoms with Crippen molar-refractivity contribution >= 4 is 38.9 Å². The van der Waals surface area contributed by atoms with Gasteiger partial charge >= 0.3 is 6.18 Å². The summed E-state index contributed by atoms with van der Waals surface area (Å²) in [7, 11) is -4.33. The highest BCUT2D eigenvalue weighted by Crippen LogP contribution is 2.38. The second kappa shape index (κ2) is 7.63. The van der Waals surface area contributed by atoms with Crippen molar-refractivity contribution in [1.82, 2.24) is 0 Å². The van der Waals surface area contributed by atoms with Crippen LogP contribution in [0.1, 0.15) is 25.0 Å². The molecular weight excluding hydrogens is 423 g/mol. The second-order valence-electron chi connectivity index (χ2n) is 6.76. The number of nitrogens with zero attached hydrogens (tertiary/aromatic N) is 1. The Balaban J connectivity index is 1.96. The Labute approximate surface area is 170 Å². The summed E-state index contributed by atoms with van der Waals surface area (Å²) in [6, 6.07) is 6.81. The number of alkyl halides is 3. The largest absolute Gasteiger partial charge is 0.418 e. The average molecular weight is 441 g/mol. The first-order valence-corrected chi connectivity index (χ1v) is 10.3. The van der Waals surface area contributed by atoms with Crippen LogP contribution in [0.15, 0.2) is 41.3 Å². The fourth-order valence-electron chi connectivity index (χ4n) is 3.22. The van der Waals surface area contributed by atoms with E-state index >= 15 is 0 Å². The van der Waals surface area contributed by atoms with Gasteiger partial charge in [0.1, 0.15) is 0 Å². The Bertz CT molecular complexity index is 1130. The van der Waals surface area contributed by atoms with E-state index in [-0.39, 0.29) is 16.5 Å². The second-order valence-corrected chi connectivity index (χ2v) is 8.44. The summed E-state index contributed by atoms with van der Waals surface area (Å²) in [4.78, 5) is 24.0. The number of rotatable bonds is 4. The van der Waals surface area contributed by atoms with Gasteiger partial charge in [0.15, 0.2) is 0 Å². The van der Waals surface area contributed by atoms with Gasteiger partial charge < -0.3 is 10.2 Å². The molecule has 2 N–H and O–H groups in total. The molecule has 160 valence electrons. The van der Waals surface area contributed by atoms with Crippen LogP contribution in [0.3, 0.4) is 0 Å². The predicted octanol–water partition coefficient (Wildman–Crippen LogP) is 3.37. The first kappa shape index (κ1) is 21.6. The SMILES string of the molecule is CC(=O)Nc1ccc(NS(=O)(=O)c2ccc3c(c2)CCN3C(C)=O)c(C(F)(F)F)c1. The molecule has 3 rings (SSSR count). The molecule has 1 aliphatic rings. The van der Waals surface area contributed by atoms with Crippen LogP contribution < -0.4 is 14.9 Å². The van der Waals surface area contributed by atoms with Crippen LogP contribution in [0.4, 0.5) is 30.2 Å². The number of nitrogens with one attached hydrogen (secondary N) is 2. The van der Waals surface area contributed by atoms with E-state index in [1.54, 1.807) is 0 Å². The van der Waals surface area contributed by atoms with Crippen LogP contribution in [0.25, 0.3) is 0 Å². The standard InChI is InChI=1S/C19H18F3N3O4S/c1-11(26)23-14-3-5-17(16(10-14)19(20,21)22)24-30(28,29)15-4-6-18-13(9-15)7-8-25(18)12(2)27/h3-6,9-10,24H,7-8H2,1-2H3,(H,23,26). The molecule has 2 aromatic carbocycles. The number of sulfonamides is 1. The molecule has 0 aromatic heterocycles. The van der Waals surface area contributed by atoms with Gasteiger partial charge in [-0.1, -0.05) is 0 Å². The zero-order valence-corrected chi connectivity index (χ0v) is 16.8. The predicted molar refractivity (Wildman–Crippen MR) is 105 cm³/mol. The van der Waals surface area contributed by atoms with Crippen molar-refractivity contribution in [2.45, 2.75) is 31.3 Å². The fraction of sp³-hybridized carbons (Fsp3) is 0.263. The van der Waals surface area contributed by atoms with Crippen LogP contribution >= 0.6 is 0 Å². The lowest BCUT2D eigenvalue weighted by Gasteiger charge is -2.17. The number of hydrogen-bond donors (Lipinski definition) is 2. The average Bonchev–Trinajstić information content (AvgIpc) is 3.05. The maximum Gasteiger partial charge on any atom is 0.418 e. The molecule has 0 fully saturated rings. The van der Waals surface area contributed by atoms with E-state index in [1.807, 2.05) is 4.72 Å². The quantitative estimate of drug-likeness (QED) is 0.761. The summed E-state index contributed by atoms with van der Waals surface area (Å²) < 4.78 is 67.8. The Morgan fingerprint density at radius 1 is 1.07 bits per heavy atom. The summed E-state index contributed by atoms with van der Waals surface area (Å²) in [5, 5.41) is 2.23. The van der Waals surface area contributed by atoms with Crippen LogP contribution in [0.2, 0.25) is 0 Å². The summed E-state index contributed by atoms with van der Waals surface area (Å²) in [6.07, 6.45) is -4.41. The van der Waals surface area contributed by atoms with E-state index in [2.05, 4.69) is 5.32 Å². The molecule has 0 saturated carbocycles. The number of hydrogen-bond acceptors (Lipinski definition) is 4. The molecule has 0 spiro atoms. The zero-order chi connectivity index (χ0) is 22.3. The highest BCUT2D eigenvalue weighted by atomic mass is 32.2. The van der Waals surface area contributed by atoms with Crippen LogP contribution in [0.5, 0.6) is 0 Å². The molecule has 0 aliphatic carbocycles. The lowest BCUT2D eigenvalue weighted by molar-refractivity contribution is -0.137. The fourth-order valence-corrected chi connectivity index (χ4v) is 4.35. The third-order valence-corrected chi connectivity index (χ3v) is 5.89. The summed E-state index contributed by atoms with van der Waals surface area (Å²) in [5.74, 6) is -0.745. The minimum atomic E-state index is -4.85. The smallest absolute Gasteiger partial charge is 0.326 e. The molecule has 0 bridgehead atoms. The monoisotopic (exact) mass is 441 g/mol. The number of benzene rings is 2. The number of carbonyl (C=O) groups is 2. The van der Waals surface area contributed by atoms with Crippen molar-refractivity contribution in [3.8, 4) is 0 Å². The van der Waals surface area contributed by atoms with Crippen molar-refractivity contribution in [2.24, 2.45) is 0 Å². The molecule has 1 heterocycles. The van der Waals surface area contributed by atoms with Gasteiger partial charge in [-0.2, -0.15) is 13.2 Å². The normalized spacial score (nSPS) is 13.7. The number of fused-ring (bicyclic) bond motifs is 1. The van der Waals surface area contributed by atoms with Crippen LogP contribution in [0, 0.1) is 0 Å². The molecule has 0 radical (unpaired) electrons. The molecular formula is C19H18F3N3O4S. The highest BCUT2D eigenvalue weighted by Gasteiger charge is 2.35. The number of carbonyl (C=O) groups excluding carboxylic acids is 2. The van der Waals surface area contributed by atoms with Crippen molar-refractivity contribution in [1.29, 1.82) is 0 Å². The molecule has 2 aromatic rings. The molecule has 0 saturated heterocycles. The van der Waals surface area contributed by atoms with Gasteiger partial charge in [0, 0.05) is 31.8 Å². The van der Waals surface area contributed by atoms with Gasteiger partial charge in [0.05, 0.1) is 16.1 Å². The van der Waals surface area contributed by atoms with Gasteiger partial charge in [-0.3, -0.25) is 14.3 Å². The first-order chi connectivity index (χ1) is 13.9. The number of halogens is 3. The minimum Gasteiger partial charge on any atom is -0.326 e. The summed E-state index contributed by atoms with van der Waals surface area (Å²) in [5.41, 5.74) is -0.814. The summed E-state index contributed by atoms with van der Waals surface area (Å²) >= 11 is 0. The third-order valence-electron chi connectivity index (χ3n) is 4.53. The molecule has 2 amide bonds. The Kier molecular flexibility index (Phi) is 5.50. The van der Waals surface area contributed by atoms with Gasteiger partial charge in [-0.05, 0) is 48.4 Å². The molecule has 11 heteroatoms. The van der Waals surface area contributed by atoms with Crippen molar-refractivity contribution < 1.29 is 31.2 Å². The maximum absolute atomic E-state index is 13.5. The number of amides is 2. The Hall–Kier alpha value is -3.08.